The number of fused-ring (bicyclic) bond motifs is 1. The third-order valence-electron chi connectivity index (χ3n) is 5.05. The summed E-state index contributed by atoms with van der Waals surface area (Å²) < 4.78 is 6.95. The van der Waals surface area contributed by atoms with Crippen molar-refractivity contribution >= 4 is 55.8 Å². The van der Waals surface area contributed by atoms with Gasteiger partial charge in [0.2, 0.25) is 0 Å². The molecular weight excluding hydrogens is 463 g/mol. The van der Waals surface area contributed by atoms with Crippen molar-refractivity contribution in [2.75, 3.05) is 4.90 Å². The smallest absolute Gasteiger partial charge is 0.272 e. The van der Waals surface area contributed by atoms with Crippen LogP contribution < -0.4 is 9.64 Å². The maximum atomic E-state index is 13.8. The standard InChI is InChI=1S/C25H22Cl2N2O2S/c1-16-9-14-20(27)22-21(16)28-24(32-22)29(15-17-7-5-4-6-8-17)23(30)25(2,3)31-19-12-10-18(26)11-13-19/h4-14H,15H2,1-3H3. The van der Waals surface area contributed by atoms with Crippen molar-refractivity contribution in [2.24, 2.45) is 0 Å². The molecule has 164 valence electrons. The first kappa shape index (κ1) is 22.6. The van der Waals surface area contributed by atoms with Crippen LogP contribution in [0.4, 0.5) is 5.13 Å². The van der Waals surface area contributed by atoms with Crippen LogP contribution in [0.3, 0.4) is 0 Å². The van der Waals surface area contributed by atoms with Crippen LogP contribution in [0.5, 0.6) is 5.75 Å². The van der Waals surface area contributed by atoms with Gasteiger partial charge in [-0.2, -0.15) is 0 Å². The molecule has 1 heterocycles. The van der Waals surface area contributed by atoms with E-state index in [2.05, 4.69) is 0 Å². The highest BCUT2D eigenvalue weighted by molar-refractivity contribution is 7.23. The topological polar surface area (TPSA) is 42.4 Å². The molecule has 0 radical (unpaired) electrons. The number of benzene rings is 3. The predicted molar refractivity (Wildman–Crippen MR) is 133 cm³/mol. The van der Waals surface area contributed by atoms with Crippen LogP contribution in [0.1, 0.15) is 25.0 Å². The molecule has 0 N–H and O–H groups in total. The van der Waals surface area contributed by atoms with Gasteiger partial charge in [0.1, 0.15) is 5.75 Å². The van der Waals surface area contributed by atoms with Gasteiger partial charge in [-0.1, -0.05) is 70.9 Å². The Kier molecular flexibility index (Phi) is 6.42. The van der Waals surface area contributed by atoms with Gasteiger partial charge in [0.15, 0.2) is 10.7 Å². The molecule has 0 saturated carbocycles. The number of ether oxygens (including phenoxy) is 1. The number of hydrogen-bond acceptors (Lipinski definition) is 4. The molecule has 1 aromatic heterocycles. The highest BCUT2D eigenvalue weighted by atomic mass is 35.5. The van der Waals surface area contributed by atoms with E-state index >= 15 is 0 Å². The summed E-state index contributed by atoms with van der Waals surface area (Å²) in [6.45, 7) is 5.86. The normalized spacial score (nSPS) is 11.5. The van der Waals surface area contributed by atoms with Gasteiger partial charge in [-0.3, -0.25) is 9.69 Å². The fraction of sp³-hybridized carbons (Fsp3) is 0.200. The van der Waals surface area contributed by atoms with Gasteiger partial charge < -0.3 is 4.74 Å². The minimum Gasteiger partial charge on any atom is -0.478 e. The van der Waals surface area contributed by atoms with Crippen molar-refractivity contribution in [3.63, 3.8) is 0 Å². The molecule has 0 aliphatic carbocycles. The molecule has 3 aromatic carbocycles. The van der Waals surface area contributed by atoms with E-state index in [-0.39, 0.29) is 5.91 Å². The second-order valence-electron chi connectivity index (χ2n) is 7.98. The van der Waals surface area contributed by atoms with Crippen molar-refractivity contribution in [3.8, 4) is 5.75 Å². The summed E-state index contributed by atoms with van der Waals surface area (Å²) in [7, 11) is 0. The lowest BCUT2D eigenvalue weighted by molar-refractivity contribution is -0.131. The lowest BCUT2D eigenvalue weighted by atomic mass is 10.1. The lowest BCUT2D eigenvalue weighted by Gasteiger charge is -2.31. The lowest BCUT2D eigenvalue weighted by Crippen LogP contribution is -2.48. The first-order valence-electron chi connectivity index (χ1n) is 10.1. The van der Waals surface area contributed by atoms with Crippen LogP contribution in [0.25, 0.3) is 10.2 Å². The van der Waals surface area contributed by atoms with Gasteiger partial charge in [-0.15, -0.1) is 0 Å². The number of carbonyl (C=O) groups is 1. The monoisotopic (exact) mass is 484 g/mol. The number of rotatable bonds is 6. The third-order valence-corrected chi connectivity index (χ3v) is 6.84. The van der Waals surface area contributed by atoms with E-state index in [4.69, 9.17) is 32.9 Å². The van der Waals surface area contributed by atoms with Gasteiger partial charge in [0.05, 0.1) is 21.8 Å². The molecule has 1 amide bonds. The molecule has 0 saturated heterocycles. The number of aromatic nitrogens is 1. The molecule has 0 unspecified atom stereocenters. The van der Waals surface area contributed by atoms with E-state index in [1.165, 1.54) is 11.3 Å². The SMILES string of the molecule is Cc1ccc(Cl)c2sc(N(Cc3ccccc3)C(=O)C(C)(C)Oc3ccc(Cl)cc3)nc12. The number of carbonyl (C=O) groups excluding carboxylic acids is 1. The van der Waals surface area contributed by atoms with E-state index in [0.717, 1.165) is 21.3 Å². The predicted octanol–water partition coefficient (Wildman–Crippen LogP) is 7.30. The van der Waals surface area contributed by atoms with Crippen LogP contribution >= 0.6 is 34.5 Å². The Bertz CT molecular complexity index is 1220. The summed E-state index contributed by atoms with van der Waals surface area (Å²) in [4.78, 5) is 20.3. The Hall–Kier alpha value is -2.60. The summed E-state index contributed by atoms with van der Waals surface area (Å²) in [5.74, 6) is 0.361. The summed E-state index contributed by atoms with van der Waals surface area (Å²) in [6, 6.07) is 20.6. The van der Waals surface area contributed by atoms with Crippen LogP contribution in [-0.2, 0) is 11.3 Å². The molecule has 32 heavy (non-hydrogen) atoms. The molecule has 0 aliphatic heterocycles. The zero-order valence-electron chi connectivity index (χ0n) is 17.9. The van der Waals surface area contributed by atoms with Gasteiger partial charge >= 0.3 is 0 Å². The highest BCUT2D eigenvalue weighted by Crippen LogP contribution is 2.37. The minimum absolute atomic E-state index is 0.205. The summed E-state index contributed by atoms with van der Waals surface area (Å²) in [5, 5.41) is 1.81. The summed E-state index contributed by atoms with van der Waals surface area (Å²) >= 11 is 13.8. The zero-order chi connectivity index (χ0) is 22.9. The van der Waals surface area contributed by atoms with E-state index in [1.807, 2.05) is 49.4 Å². The summed E-state index contributed by atoms with van der Waals surface area (Å²) in [6.07, 6.45) is 0. The first-order chi connectivity index (χ1) is 15.2. The quantitative estimate of drug-likeness (QED) is 0.288. The van der Waals surface area contributed by atoms with E-state index in [1.54, 1.807) is 43.0 Å². The number of thiazole rings is 1. The van der Waals surface area contributed by atoms with Crippen molar-refractivity contribution < 1.29 is 9.53 Å². The molecule has 7 heteroatoms. The number of amides is 1. The first-order valence-corrected chi connectivity index (χ1v) is 11.7. The van der Waals surface area contributed by atoms with Crippen LogP contribution in [-0.4, -0.2) is 16.5 Å². The molecule has 0 bridgehead atoms. The maximum absolute atomic E-state index is 13.8. The van der Waals surface area contributed by atoms with Gasteiger partial charge in [-0.05, 0) is 62.2 Å². The maximum Gasteiger partial charge on any atom is 0.272 e. The number of aryl methyl sites for hydroxylation is 1. The second kappa shape index (κ2) is 9.10. The average Bonchev–Trinajstić information content (AvgIpc) is 3.23. The minimum atomic E-state index is -1.14. The number of anilines is 1. The molecular formula is C25H22Cl2N2O2S. The second-order valence-corrected chi connectivity index (χ2v) is 9.80. The molecule has 4 aromatic rings. The van der Waals surface area contributed by atoms with Crippen LogP contribution in [0.2, 0.25) is 10.0 Å². The van der Waals surface area contributed by atoms with E-state index < -0.39 is 5.60 Å². The average molecular weight is 485 g/mol. The molecule has 0 atom stereocenters. The molecule has 0 fully saturated rings. The Morgan fingerprint density at radius 2 is 1.72 bits per heavy atom. The van der Waals surface area contributed by atoms with Crippen LogP contribution in [0.15, 0.2) is 66.7 Å². The zero-order valence-corrected chi connectivity index (χ0v) is 20.3. The molecule has 0 spiro atoms. The highest BCUT2D eigenvalue weighted by Gasteiger charge is 2.36. The number of nitrogens with zero attached hydrogens (tertiary/aromatic N) is 2. The Labute approximate surface area is 201 Å². The van der Waals surface area contributed by atoms with Gasteiger partial charge in [0.25, 0.3) is 5.91 Å². The number of halogens is 2. The van der Waals surface area contributed by atoms with Gasteiger partial charge in [0, 0.05) is 5.02 Å². The fourth-order valence-corrected chi connectivity index (χ4v) is 4.80. The molecule has 4 rings (SSSR count). The Balaban J connectivity index is 1.73. The van der Waals surface area contributed by atoms with Crippen molar-refractivity contribution in [2.45, 2.75) is 32.9 Å². The summed E-state index contributed by atoms with van der Waals surface area (Å²) in [5.41, 5.74) is 1.67. The molecule has 4 nitrogen and oxygen atoms in total. The van der Waals surface area contributed by atoms with Gasteiger partial charge in [-0.25, -0.2) is 4.98 Å². The van der Waals surface area contributed by atoms with Crippen molar-refractivity contribution in [3.05, 3.63) is 87.9 Å². The largest absolute Gasteiger partial charge is 0.478 e. The van der Waals surface area contributed by atoms with Crippen molar-refractivity contribution in [1.29, 1.82) is 0 Å². The Morgan fingerprint density at radius 1 is 1.03 bits per heavy atom. The van der Waals surface area contributed by atoms with E-state index in [0.29, 0.717) is 27.5 Å². The third kappa shape index (κ3) is 4.75. The Morgan fingerprint density at radius 3 is 2.38 bits per heavy atom. The fourth-order valence-electron chi connectivity index (χ4n) is 3.36. The molecule has 0 aliphatic rings. The van der Waals surface area contributed by atoms with E-state index in [9.17, 15) is 4.79 Å². The number of hydrogen-bond donors (Lipinski definition) is 0. The van der Waals surface area contributed by atoms with Crippen LogP contribution in [0, 0.1) is 6.92 Å². The van der Waals surface area contributed by atoms with Crippen molar-refractivity contribution in [1.82, 2.24) is 4.98 Å².